The number of halogens is 2. The van der Waals surface area contributed by atoms with Crippen LogP contribution in [0.25, 0.3) is 0 Å². The first-order valence-corrected chi connectivity index (χ1v) is 9.52. The van der Waals surface area contributed by atoms with Crippen molar-refractivity contribution in [2.24, 2.45) is 0 Å². The maximum atomic E-state index is 12.2. The Balaban J connectivity index is 2.40. The van der Waals surface area contributed by atoms with Gasteiger partial charge in [-0.25, -0.2) is 0 Å². The molecule has 0 spiro atoms. The Morgan fingerprint density at radius 1 is 1.31 bits per heavy atom. The van der Waals surface area contributed by atoms with E-state index in [1.807, 2.05) is 0 Å². The summed E-state index contributed by atoms with van der Waals surface area (Å²) in [6.45, 7) is 0. The second-order valence-electron chi connectivity index (χ2n) is 6.03. The van der Waals surface area contributed by atoms with Gasteiger partial charge in [0.15, 0.2) is 0 Å². The van der Waals surface area contributed by atoms with Crippen LogP contribution in [0, 0.1) is 10.1 Å². The normalized spacial score (nSPS) is 19.5. The van der Waals surface area contributed by atoms with E-state index in [-0.39, 0.29) is 40.8 Å². The van der Waals surface area contributed by atoms with E-state index in [9.17, 15) is 19.7 Å². The van der Waals surface area contributed by atoms with Crippen LogP contribution in [0.1, 0.15) is 36.0 Å². The fourth-order valence-corrected chi connectivity index (χ4v) is 3.63. The summed E-state index contributed by atoms with van der Waals surface area (Å²) in [6.07, 6.45) is 3.31. The van der Waals surface area contributed by atoms with Crippen molar-refractivity contribution in [2.75, 3.05) is 18.2 Å². The van der Waals surface area contributed by atoms with E-state index in [4.69, 9.17) is 11.6 Å². The van der Waals surface area contributed by atoms with Crippen molar-refractivity contribution >= 4 is 50.7 Å². The number of carbonyl (C=O) groups is 2. The molecule has 1 aliphatic rings. The number of alkyl halides is 1. The predicted octanol–water partition coefficient (Wildman–Crippen LogP) is 2.80. The quantitative estimate of drug-likeness (QED) is 0.352. The average Bonchev–Trinajstić information content (AvgIpc) is 2.63. The Kier molecular flexibility index (Phi) is 7.22. The first-order chi connectivity index (χ1) is 12.4. The SMILES string of the molecule is CNC(=O)c1cc(Br)cc([N+](=O)[O-])c1N[C@@H]1CCCC[C@@H]1NC(=O)CCl. The molecule has 0 radical (unpaired) electrons. The Labute approximate surface area is 164 Å². The van der Waals surface area contributed by atoms with Gasteiger partial charge in [0.25, 0.3) is 11.6 Å². The van der Waals surface area contributed by atoms with Gasteiger partial charge in [-0.15, -0.1) is 11.6 Å². The van der Waals surface area contributed by atoms with Gasteiger partial charge in [0.2, 0.25) is 5.91 Å². The molecule has 0 bridgehead atoms. The van der Waals surface area contributed by atoms with Gasteiger partial charge in [-0.05, 0) is 18.9 Å². The monoisotopic (exact) mass is 446 g/mol. The van der Waals surface area contributed by atoms with E-state index in [2.05, 4.69) is 31.9 Å². The van der Waals surface area contributed by atoms with Crippen molar-refractivity contribution < 1.29 is 14.5 Å². The van der Waals surface area contributed by atoms with Crippen molar-refractivity contribution in [3.63, 3.8) is 0 Å². The van der Waals surface area contributed by atoms with Crippen LogP contribution < -0.4 is 16.0 Å². The minimum absolute atomic E-state index is 0.148. The highest BCUT2D eigenvalue weighted by molar-refractivity contribution is 9.10. The molecule has 0 aromatic heterocycles. The summed E-state index contributed by atoms with van der Waals surface area (Å²) in [6, 6.07) is 2.43. The number of nitro groups is 1. The molecule has 1 saturated carbocycles. The van der Waals surface area contributed by atoms with Crippen molar-refractivity contribution in [1.29, 1.82) is 0 Å². The number of nitrogens with one attached hydrogen (secondary N) is 3. The summed E-state index contributed by atoms with van der Waals surface area (Å²) < 4.78 is 0.434. The summed E-state index contributed by atoms with van der Waals surface area (Å²) in [5.74, 6) is -0.873. The van der Waals surface area contributed by atoms with Crippen molar-refractivity contribution in [3.05, 3.63) is 32.3 Å². The van der Waals surface area contributed by atoms with Crippen LogP contribution in [0.5, 0.6) is 0 Å². The third kappa shape index (κ3) is 4.85. The highest BCUT2D eigenvalue weighted by Crippen LogP contribution is 2.35. The second-order valence-corrected chi connectivity index (χ2v) is 7.21. The largest absolute Gasteiger partial charge is 0.374 e. The van der Waals surface area contributed by atoms with Crippen LogP contribution in [0.4, 0.5) is 11.4 Å². The number of hydrogen-bond acceptors (Lipinski definition) is 5. The molecule has 2 amide bonds. The molecular formula is C16H20BrClN4O4. The summed E-state index contributed by atoms with van der Waals surface area (Å²) in [7, 11) is 1.46. The van der Waals surface area contributed by atoms with Crippen LogP contribution in [-0.4, -0.2) is 41.7 Å². The summed E-state index contributed by atoms with van der Waals surface area (Å²) in [4.78, 5) is 34.9. The van der Waals surface area contributed by atoms with E-state index in [1.54, 1.807) is 0 Å². The molecule has 10 heteroatoms. The van der Waals surface area contributed by atoms with Gasteiger partial charge in [0, 0.05) is 29.7 Å². The van der Waals surface area contributed by atoms with Gasteiger partial charge in [-0.1, -0.05) is 28.8 Å². The van der Waals surface area contributed by atoms with E-state index in [0.717, 1.165) is 19.3 Å². The Morgan fingerprint density at radius 3 is 2.54 bits per heavy atom. The Morgan fingerprint density at radius 2 is 1.96 bits per heavy atom. The minimum Gasteiger partial charge on any atom is -0.374 e. The van der Waals surface area contributed by atoms with Crippen LogP contribution in [0.2, 0.25) is 0 Å². The molecular weight excluding hydrogens is 428 g/mol. The molecule has 0 unspecified atom stereocenters. The molecule has 0 saturated heterocycles. The minimum atomic E-state index is -0.533. The summed E-state index contributed by atoms with van der Waals surface area (Å²) in [5, 5.41) is 20.0. The number of hydrogen-bond donors (Lipinski definition) is 3. The van der Waals surface area contributed by atoms with Crippen molar-refractivity contribution in [1.82, 2.24) is 10.6 Å². The first kappa shape index (κ1) is 20.4. The molecule has 8 nitrogen and oxygen atoms in total. The van der Waals surface area contributed by atoms with Gasteiger partial charge in [0.05, 0.1) is 10.5 Å². The molecule has 1 aromatic rings. The van der Waals surface area contributed by atoms with Crippen LogP contribution in [0.15, 0.2) is 16.6 Å². The van der Waals surface area contributed by atoms with E-state index in [1.165, 1.54) is 19.2 Å². The van der Waals surface area contributed by atoms with E-state index < -0.39 is 10.8 Å². The fraction of sp³-hybridized carbons (Fsp3) is 0.500. The maximum absolute atomic E-state index is 12.2. The third-order valence-corrected chi connectivity index (χ3v) is 5.01. The highest BCUT2D eigenvalue weighted by Gasteiger charge is 2.31. The molecule has 1 aromatic carbocycles. The molecule has 0 heterocycles. The van der Waals surface area contributed by atoms with Gasteiger partial charge >= 0.3 is 0 Å². The predicted molar refractivity (Wildman–Crippen MR) is 103 cm³/mol. The fourth-order valence-electron chi connectivity index (χ4n) is 3.11. The topological polar surface area (TPSA) is 113 Å². The molecule has 2 rings (SSSR count). The molecule has 0 aliphatic heterocycles. The number of amides is 2. The van der Waals surface area contributed by atoms with Crippen LogP contribution in [-0.2, 0) is 4.79 Å². The molecule has 1 aliphatic carbocycles. The zero-order valence-electron chi connectivity index (χ0n) is 14.2. The summed E-state index contributed by atoms with van der Waals surface area (Å²) in [5.41, 5.74) is 0.113. The van der Waals surface area contributed by atoms with Gasteiger partial charge in [-0.2, -0.15) is 0 Å². The maximum Gasteiger partial charge on any atom is 0.294 e. The Bertz CT molecular complexity index is 716. The number of rotatable bonds is 6. The smallest absolute Gasteiger partial charge is 0.294 e. The van der Waals surface area contributed by atoms with Crippen molar-refractivity contribution in [3.8, 4) is 0 Å². The molecule has 3 N–H and O–H groups in total. The lowest BCUT2D eigenvalue weighted by molar-refractivity contribution is -0.384. The van der Waals surface area contributed by atoms with Gasteiger partial charge in [0.1, 0.15) is 11.6 Å². The molecule has 2 atom stereocenters. The third-order valence-electron chi connectivity index (χ3n) is 4.31. The lowest BCUT2D eigenvalue weighted by Crippen LogP contribution is -2.49. The highest BCUT2D eigenvalue weighted by atomic mass is 79.9. The lowest BCUT2D eigenvalue weighted by Gasteiger charge is -2.33. The molecule has 1 fully saturated rings. The lowest BCUT2D eigenvalue weighted by atomic mass is 9.89. The first-order valence-electron chi connectivity index (χ1n) is 8.19. The number of nitro benzene ring substituents is 1. The zero-order valence-corrected chi connectivity index (χ0v) is 16.5. The summed E-state index contributed by atoms with van der Waals surface area (Å²) >= 11 is 8.78. The molecule has 26 heavy (non-hydrogen) atoms. The number of carbonyl (C=O) groups excluding carboxylic acids is 2. The average molecular weight is 448 g/mol. The zero-order chi connectivity index (χ0) is 19.3. The second kappa shape index (κ2) is 9.18. The standard InChI is InChI=1S/C16H20BrClN4O4/c1-19-16(24)10-6-9(17)7-13(22(25)26)15(10)21-12-5-3-2-4-11(12)20-14(23)8-18/h6-7,11-12,21H,2-5,8H2,1H3,(H,19,24)(H,20,23)/t11-,12+/m0/s1. The van der Waals surface area contributed by atoms with E-state index in [0.29, 0.717) is 10.9 Å². The Hall–Kier alpha value is -1.87. The van der Waals surface area contributed by atoms with Gasteiger partial charge in [-0.3, -0.25) is 19.7 Å². The number of nitrogens with zero attached hydrogens (tertiary/aromatic N) is 1. The van der Waals surface area contributed by atoms with E-state index >= 15 is 0 Å². The van der Waals surface area contributed by atoms with Gasteiger partial charge < -0.3 is 16.0 Å². The number of anilines is 1. The van der Waals surface area contributed by atoms with Crippen LogP contribution >= 0.6 is 27.5 Å². The van der Waals surface area contributed by atoms with Crippen LogP contribution in [0.3, 0.4) is 0 Å². The number of benzene rings is 1. The molecule has 142 valence electrons. The van der Waals surface area contributed by atoms with Crippen molar-refractivity contribution in [2.45, 2.75) is 37.8 Å².